The molecule has 11 atom stereocenters. The quantitative estimate of drug-likeness (QED) is 0.525. The SMILES string of the molecule is CC1C(CCN2CCC3(CC2)C(O)CN(C2COC4OC4C2C)C3O)CCC2C(O)OCC12. The Morgan fingerprint density at radius 3 is 2.52 bits per heavy atom. The van der Waals surface area contributed by atoms with Gasteiger partial charge in [0.25, 0.3) is 0 Å². The van der Waals surface area contributed by atoms with E-state index in [0.29, 0.717) is 49.3 Å². The summed E-state index contributed by atoms with van der Waals surface area (Å²) in [4.78, 5) is 4.63. The number of β-amino-alcohol motifs (C(OH)–C–C–N with tert-alkyl or cyclic N) is 1. The number of hydrogen-bond donors (Lipinski definition) is 3. The lowest BCUT2D eigenvalue weighted by Gasteiger charge is -2.45. The minimum Gasteiger partial charge on any atom is -0.391 e. The molecule has 1 saturated carbocycles. The average Bonchev–Trinajstić information content (AvgIpc) is 3.47. The summed E-state index contributed by atoms with van der Waals surface area (Å²) in [7, 11) is 0. The summed E-state index contributed by atoms with van der Waals surface area (Å²) >= 11 is 0. The Balaban J connectivity index is 1.02. The molecule has 0 bridgehead atoms. The lowest BCUT2D eigenvalue weighted by molar-refractivity contribution is -0.123. The average molecular weight is 467 g/mol. The van der Waals surface area contributed by atoms with Gasteiger partial charge in [-0.25, -0.2) is 0 Å². The van der Waals surface area contributed by atoms with Gasteiger partial charge in [-0.2, -0.15) is 0 Å². The molecule has 8 heteroatoms. The maximum atomic E-state index is 11.4. The zero-order valence-electron chi connectivity index (χ0n) is 20.1. The number of aliphatic hydroxyl groups excluding tert-OH is 3. The molecular formula is C25H42N2O6. The maximum absolute atomic E-state index is 11.4. The monoisotopic (exact) mass is 466 g/mol. The predicted molar refractivity (Wildman–Crippen MR) is 120 cm³/mol. The molecule has 0 aromatic rings. The number of fused-ring (bicyclic) bond motifs is 2. The largest absolute Gasteiger partial charge is 0.391 e. The second-order valence-electron chi connectivity index (χ2n) is 11.9. The lowest BCUT2D eigenvalue weighted by atomic mass is 9.67. The second-order valence-corrected chi connectivity index (χ2v) is 11.9. The van der Waals surface area contributed by atoms with Gasteiger partial charge in [-0.3, -0.25) is 4.90 Å². The molecule has 188 valence electrons. The molecular weight excluding hydrogens is 424 g/mol. The summed E-state index contributed by atoms with van der Waals surface area (Å²) in [6.45, 7) is 9.26. The first-order chi connectivity index (χ1) is 15.9. The van der Waals surface area contributed by atoms with Crippen molar-refractivity contribution in [3.63, 3.8) is 0 Å². The number of epoxide rings is 1. The molecule has 11 unspecified atom stereocenters. The van der Waals surface area contributed by atoms with Crippen molar-refractivity contribution < 1.29 is 29.5 Å². The molecule has 0 radical (unpaired) electrons. The van der Waals surface area contributed by atoms with Gasteiger partial charge in [0, 0.05) is 29.8 Å². The fourth-order valence-corrected chi connectivity index (χ4v) is 8.00. The van der Waals surface area contributed by atoms with E-state index in [1.54, 1.807) is 0 Å². The van der Waals surface area contributed by atoms with E-state index in [1.165, 1.54) is 12.8 Å². The van der Waals surface area contributed by atoms with Crippen molar-refractivity contribution in [2.45, 2.75) is 83.0 Å². The molecule has 6 rings (SSSR count). The predicted octanol–water partition coefficient (Wildman–Crippen LogP) is 0.841. The van der Waals surface area contributed by atoms with Crippen LogP contribution in [0.3, 0.4) is 0 Å². The van der Waals surface area contributed by atoms with Crippen LogP contribution in [0.4, 0.5) is 0 Å². The van der Waals surface area contributed by atoms with Gasteiger partial charge >= 0.3 is 0 Å². The number of likely N-dealkylation sites (tertiary alicyclic amines) is 2. The minimum absolute atomic E-state index is 0.0536. The number of aliphatic hydroxyl groups is 3. The third-order valence-electron chi connectivity index (χ3n) is 10.6. The molecule has 0 aromatic carbocycles. The molecule has 6 fully saturated rings. The number of piperidine rings is 1. The van der Waals surface area contributed by atoms with Crippen molar-refractivity contribution in [1.82, 2.24) is 9.80 Å². The summed E-state index contributed by atoms with van der Waals surface area (Å²) in [6, 6.07) is 0.102. The summed E-state index contributed by atoms with van der Waals surface area (Å²) in [5, 5.41) is 32.5. The van der Waals surface area contributed by atoms with Gasteiger partial charge in [0.2, 0.25) is 0 Å². The Kier molecular flexibility index (Phi) is 6.06. The van der Waals surface area contributed by atoms with E-state index in [2.05, 4.69) is 23.6 Å². The zero-order valence-corrected chi connectivity index (χ0v) is 20.1. The molecule has 3 N–H and O–H groups in total. The van der Waals surface area contributed by atoms with Crippen LogP contribution in [-0.4, -0.2) is 102 Å². The Labute approximate surface area is 197 Å². The molecule has 1 aliphatic carbocycles. The van der Waals surface area contributed by atoms with Gasteiger partial charge in [0.05, 0.1) is 19.3 Å². The Morgan fingerprint density at radius 1 is 0.939 bits per heavy atom. The smallest absolute Gasteiger partial charge is 0.184 e. The summed E-state index contributed by atoms with van der Waals surface area (Å²) in [5.41, 5.74) is -0.430. The van der Waals surface area contributed by atoms with Gasteiger partial charge in [-0.1, -0.05) is 13.8 Å². The van der Waals surface area contributed by atoms with Crippen LogP contribution in [-0.2, 0) is 14.2 Å². The topological polar surface area (TPSA) is 98.2 Å². The molecule has 5 saturated heterocycles. The summed E-state index contributed by atoms with van der Waals surface area (Å²) in [6.07, 6.45) is 3.53. The van der Waals surface area contributed by atoms with Gasteiger partial charge in [-0.15, -0.1) is 0 Å². The highest BCUT2D eigenvalue weighted by Gasteiger charge is 2.59. The fourth-order valence-electron chi connectivity index (χ4n) is 8.00. The Hall–Kier alpha value is -0.320. The highest BCUT2D eigenvalue weighted by molar-refractivity contribution is 5.07. The van der Waals surface area contributed by atoms with Crippen LogP contribution in [0.25, 0.3) is 0 Å². The molecule has 0 amide bonds. The van der Waals surface area contributed by atoms with E-state index < -0.39 is 24.0 Å². The van der Waals surface area contributed by atoms with E-state index >= 15 is 0 Å². The van der Waals surface area contributed by atoms with Crippen LogP contribution in [0.2, 0.25) is 0 Å². The third-order valence-corrected chi connectivity index (χ3v) is 10.6. The number of nitrogens with zero attached hydrogens (tertiary/aromatic N) is 2. The highest BCUT2D eigenvalue weighted by Crippen LogP contribution is 2.49. The van der Waals surface area contributed by atoms with Crippen LogP contribution in [0.1, 0.15) is 46.0 Å². The van der Waals surface area contributed by atoms with Crippen LogP contribution in [0.5, 0.6) is 0 Å². The van der Waals surface area contributed by atoms with Crippen molar-refractivity contribution in [3.8, 4) is 0 Å². The Morgan fingerprint density at radius 2 is 1.73 bits per heavy atom. The molecule has 1 spiro atoms. The van der Waals surface area contributed by atoms with E-state index in [0.717, 1.165) is 38.9 Å². The van der Waals surface area contributed by atoms with Crippen LogP contribution >= 0.6 is 0 Å². The van der Waals surface area contributed by atoms with Crippen molar-refractivity contribution >= 4 is 0 Å². The Bertz CT molecular complexity index is 717. The van der Waals surface area contributed by atoms with E-state index in [4.69, 9.17) is 14.2 Å². The maximum Gasteiger partial charge on any atom is 0.184 e. The van der Waals surface area contributed by atoms with E-state index in [1.807, 2.05) is 0 Å². The first kappa shape index (κ1) is 23.1. The fraction of sp³-hybridized carbons (Fsp3) is 1.00. The van der Waals surface area contributed by atoms with E-state index in [9.17, 15) is 15.3 Å². The normalized spacial score (nSPS) is 52.1. The molecule has 0 aromatic heterocycles. The third kappa shape index (κ3) is 3.80. The van der Waals surface area contributed by atoms with Gasteiger partial charge in [-0.05, 0) is 69.5 Å². The standard InChI is InChI=1S/C25H42N2O6/c1-14-16(3-4-17-18(14)12-31-22(17)29)5-8-26-9-6-25(7-10-26)20(28)11-27(24(25)30)19-13-32-23-21(33-23)15(19)2/h14-24,28-30H,3-13H2,1-2H3. The number of rotatable bonds is 4. The van der Waals surface area contributed by atoms with Crippen molar-refractivity contribution in [2.75, 3.05) is 39.4 Å². The van der Waals surface area contributed by atoms with E-state index in [-0.39, 0.29) is 18.4 Å². The molecule has 6 aliphatic rings. The van der Waals surface area contributed by atoms with Crippen LogP contribution in [0.15, 0.2) is 0 Å². The molecule has 33 heavy (non-hydrogen) atoms. The van der Waals surface area contributed by atoms with Crippen LogP contribution in [0, 0.1) is 35.0 Å². The van der Waals surface area contributed by atoms with Gasteiger partial charge in [0.1, 0.15) is 12.3 Å². The lowest BCUT2D eigenvalue weighted by Crippen LogP contribution is -2.54. The molecule has 5 aliphatic heterocycles. The van der Waals surface area contributed by atoms with Crippen LogP contribution < -0.4 is 0 Å². The van der Waals surface area contributed by atoms with Crippen molar-refractivity contribution in [2.24, 2.45) is 35.0 Å². The summed E-state index contributed by atoms with van der Waals surface area (Å²) in [5.74, 6) is 2.42. The molecule has 5 heterocycles. The van der Waals surface area contributed by atoms with Gasteiger partial charge < -0.3 is 34.4 Å². The first-order valence-corrected chi connectivity index (χ1v) is 13.3. The van der Waals surface area contributed by atoms with Gasteiger partial charge in [0.15, 0.2) is 12.6 Å². The molecule has 8 nitrogen and oxygen atoms in total. The van der Waals surface area contributed by atoms with Crippen molar-refractivity contribution in [1.29, 1.82) is 0 Å². The second kappa shape index (κ2) is 8.66. The zero-order chi connectivity index (χ0) is 22.9. The first-order valence-electron chi connectivity index (χ1n) is 13.3. The highest BCUT2D eigenvalue weighted by atomic mass is 16.8. The van der Waals surface area contributed by atoms with Crippen molar-refractivity contribution in [3.05, 3.63) is 0 Å². The summed E-state index contributed by atoms with van der Waals surface area (Å²) < 4.78 is 16.9. The number of ether oxygens (including phenoxy) is 3. The number of hydrogen-bond acceptors (Lipinski definition) is 8. The minimum atomic E-state index is -0.620.